The Morgan fingerprint density at radius 2 is 2.00 bits per heavy atom. The highest BCUT2D eigenvalue weighted by molar-refractivity contribution is 14.1. The lowest BCUT2D eigenvalue weighted by Crippen LogP contribution is -2.20. The molecular formula is C8H3F5INO3. The number of pyridine rings is 1. The van der Waals surface area contributed by atoms with Crippen LogP contribution in [0.25, 0.3) is 0 Å². The highest BCUT2D eigenvalue weighted by atomic mass is 127. The van der Waals surface area contributed by atoms with Crippen molar-refractivity contribution in [2.75, 3.05) is 0 Å². The number of hydrogen-bond acceptors (Lipinski definition) is 3. The van der Waals surface area contributed by atoms with Gasteiger partial charge in [0.15, 0.2) is 11.4 Å². The third kappa shape index (κ3) is 3.40. The first-order valence-corrected chi connectivity index (χ1v) is 5.17. The number of alkyl halides is 5. The summed E-state index contributed by atoms with van der Waals surface area (Å²) in [6.45, 7) is 0. The Balaban J connectivity index is 3.46. The van der Waals surface area contributed by atoms with Crippen LogP contribution in [0.1, 0.15) is 22.5 Å². The molecule has 1 heterocycles. The Kier molecular flexibility index (Phi) is 4.29. The van der Waals surface area contributed by atoms with Crippen LogP contribution in [0.5, 0.6) is 5.75 Å². The number of carboxylic acids is 1. The minimum Gasteiger partial charge on any atom is -0.476 e. The highest BCUT2D eigenvalue weighted by Crippen LogP contribution is 2.37. The first kappa shape index (κ1) is 14.9. The van der Waals surface area contributed by atoms with E-state index < -0.39 is 35.8 Å². The number of nitrogens with zero attached hydrogens (tertiary/aromatic N) is 1. The quantitative estimate of drug-likeness (QED) is 0.644. The number of ether oxygens (including phenoxy) is 1. The average molecular weight is 383 g/mol. The lowest BCUT2D eigenvalue weighted by Gasteiger charge is -2.15. The molecule has 1 aromatic heterocycles. The van der Waals surface area contributed by atoms with Gasteiger partial charge in [0, 0.05) is 6.20 Å². The number of rotatable bonds is 3. The van der Waals surface area contributed by atoms with Gasteiger partial charge >= 0.3 is 12.3 Å². The third-order valence-electron chi connectivity index (χ3n) is 1.66. The third-order valence-corrected chi connectivity index (χ3v) is 2.43. The molecule has 10 heteroatoms. The molecular weight excluding hydrogens is 380 g/mol. The largest absolute Gasteiger partial charge is 0.573 e. The summed E-state index contributed by atoms with van der Waals surface area (Å²) < 4.78 is 64.5. The van der Waals surface area contributed by atoms with Gasteiger partial charge in [-0.05, 0) is 22.6 Å². The van der Waals surface area contributed by atoms with Crippen molar-refractivity contribution in [3.05, 3.63) is 21.0 Å². The maximum absolute atomic E-state index is 12.6. The zero-order valence-corrected chi connectivity index (χ0v) is 10.3. The summed E-state index contributed by atoms with van der Waals surface area (Å²) in [5.74, 6) is -3.11. The highest BCUT2D eigenvalue weighted by Gasteiger charge is 2.36. The molecule has 0 aromatic carbocycles. The predicted octanol–water partition coefficient (Wildman–Crippen LogP) is 3.22. The van der Waals surface area contributed by atoms with E-state index in [1.807, 2.05) is 0 Å². The van der Waals surface area contributed by atoms with Crippen LogP contribution in [0.4, 0.5) is 22.0 Å². The van der Waals surface area contributed by atoms with Crippen molar-refractivity contribution in [3.8, 4) is 5.75 Å². The number of halogens is 6. The summed E-state index contributed by atoms with van der Waals surface area (Å²) in [6.07, 6.45) is -7.96. The lowest BCUT2D eigenvalue weighted by atomic mass is 10.2. The number of carbonyl (C=O) groups is 1. The average Bonchev–Trinajstić information content (AvgIpc) is 2.17. The second-order valence-electron chi connectivity index (χ2n) is 2.85. The van der Waals surface area contributed by atoms with Crippen LogP contribution in [0.15, 0.2) is 6.20 Å². The van der Waals surface area contributed by atoms with E-state index in [4.69, 9.17) is 5.11 Å². The maximum atomic E-state index is 12.6. The molecule has 0 spiro atoms. The zero-order chi connectivity index (χ0) is 14.1. The number of carboxylic acid groups (broad SMARTS) is 1. The normalized spacial score (nSPS) is 11.7. The van der Waals surface area contributed by atoms with Crippen LogP contribution in [0, 0.1) is 3.57 Å². The molecule has 0 aliphatic heterocycles. The molecule has 0 saturated heterocycles. The van der Waals surface area contributed by atoms with Crippen molar-refractivity contribution in [1.82, 2.24) is 4.98 Å². The van der Waals surface area contributed by atoms with E-state index in [-0.39, 0.29) is 3.57 Å². The minimum absolute atomic E-state index is 0.370. The Bertz CT molecular complexity index is 477. The van der Waals surface area contributed by atoms with E-state index in [1.54, 1.807) is 0 Å². The molecule has 1 N–H and O–H groups in total. The van der Waals surface area contributed by atoms with Gasteiger partial charge in [0.25, 0.3) is 6.43 Å². The van der Waals surface area contributed by atoms with Crippen molar-refractivity contribution in [1.29, 1.82) is 0 Å². The molecule has 1 aromatic rings. The van der Waals surface area contributed by atoms with E-state index in [0.29, 0.717) is 6.20 Å². The second kappa shape index (κ2) is 5.20. The van der Waals surface area contributed by atoms with E-state index in [1.165, 1.54) is 22.6 Å². The van der Waals surface area contributed by atoms with Crippen LogP contribution in [0.3, 0.4) is 0 Å². The van der Waals surface area contributed by atoms with Gasteiger partial charge in [-0.15, -0.1) is 13.2 Å². The summed E-state index contributed by atoms with van der Waals surface area (Å²) in [7, 11) is 0. The fraction of sp³-hybridized carbons (Fsp3) is 0.250. The molecule has 0 bridgehead atoms. The molecule has 0 aliphatic carbocycles. The maximum Gasteiger partial charge on any atom is 0.573 e. The lowest BCUT2D eigenvalue weighted by molar-refractivity contribution is -0.275. The molecule has 0 unspecified atom stereocenters. The fourth-order valence-corrected chi connectivity index (χ4v) is 1.62. The monoisotopic (exact) mass is 383 g/mol. The van der Waals surface area contributed by atoms with Crippen LogP contribution in [-0.2, 0) is 0 Å². The SMILES string of the molecule is O=C(O)c1ncc(I)c(OC(F)(F)F)c1C(F)F. The van der Waals surface area contributed by atoms with Crippen molar-refractivity contribution in [2.24, 2.45) is 0 Å². The smallest absolute Gasteiger partial charge is 0.476 e. The predicted molar refractivity (Wildman–Crippen MR) is 55.6 cm³/mol. The Hall–Kier alpha value is -1.20. The standard InChI is InChI=1S/C8H3F5INO3/c9-6(10)3-4(7(16)17)15-1-2(14)5(3)18-8(11,12)13/h1,6H,(H,16,17). The summed E-state index contributed by atoms with van der Waals surface area (Å²) in [5, 5.41) is 8.59. The van der Waals surface area contributed by atoms with Gasteiger partial charge < -0.3 is 9.84 Å². The van der Waals surface area contributed by atoms with Gasteiger partial charge in [-0.1, -0.05) is 0 Å². The molecule has 100 valence electrons. The Morgan fingerprint density at radius 3 is 2.39 bits per heavy atom. The van der Waals surface area contributed by atoms with Crippen LogP contribution in [-0.4, -0.2) is 22.4 Å². The van der Waals surface area contributed by atoms with E-state index in [0.717, 1.165) is 0 Å². The summed E-state index contributed by atoms with van der Waals surface area (Å²) in [4.78, 5) is 13.8. The van der Waals surface area contributed by atoms with E-state index in [9.17, 15) is 26.7 Å². The molecule has 1 rings (SSSR count). The van der Waals surface area contributed by atoms with Crippen LogP contribution < -0.4 is 4.74 Å². The summed E-state index contributed by atoms with van der Waals surface area (Å²) >= 11 is 1.29. The molecule has 0 amide bonds. The van der Waals surface area contributed by atoms with Gasteiger partial charge in [0.2, 0.25) is 0 Å². The number of aromatic carboxylic acids is 1. The van der Waals surface area contributed by atoms with Crippen molar-refractivity contribution >= 4 is 28.6 Å². The van der Waals surface area contributed by atoms with Gasteiger partial charge in [-0.25, -0.2) is 18.6 Å². The molecule has 18 heavy (non-hydrogen) atoms. The van der Waals surface area contributed by atoms with Gasteiger partial charge in [-0.2, -0.15) is 0 Å². The van der Waals surface area contributed by atoms with Gasteiger partial charge in [0.1, 0.15) is 0 Å². The zero-order valence-electron chi connectivity index (χ0n) is 8.13. The Morgan fingerprint density at radius 1 is 1.44 bits per heavy atom. The molecule has 0 aliphatic rings. The number of aromatic nitrogens is 1. The van der Waals surface area contributed by atoms with E-state index in [2.05, 4.69) is 9.72 Å². The second-order valence-corrected chi connectivity index (χ2v) is 4.01. The molecule has 0 saturated carbocycles. The molecule has 0 radical (unpaired) electrons. The van der Waals surface area contributed by atoms with Crippen molar-refractivity contribution < 1.29 is 36.6 Å². The van der Waals surface area contributed by atoms with Crippen molar-refractivity contribution in [3.63, 3.8) is 0 Å². The molecule has 4 nitrogen and oxygen atoms in total. The topological polar surface area (TPSA) is 59.4 Å². The number of hydrogen-bond donors (Lipinski definition) is 1. The fourth-order valence-electron chi connectivity index (χ4n) is 1.08. The van der Waals surface area contributed by atoms with Crippen molar-refractivity contribution in [2.45, 2.75) is 12.8 Å². The van der Waals surface area contributed by atoms with E-state index >= 15 is 0 Å². The van der Waals surface area contributed by atoms with Gasteiger partial charge in [-0.3, -0.25) is 0 Å². The Labute approximate surface area is 110 Å². The van der Waals surface area contributed by atoms with Gasteiger partial charge in [0.05, 0.1) is 9.13 Å². The van der Waals surface area contributed by atoms with Crippen LogP contribution in [0.2, 0.25) is 0 Å². The first-order chi connectivity index (χ1) is 8.13. The molecule has 0 atom stereocenters. The molecule has 0 fully saturated rings. The minimum atomic E-state index is -5.21. The summed E-state index contributed by atoms with van der Waals surface area (Å²) in [6, 6.07) is 0. The van der Waals surface area contributed by atoms with Crippen LogP contribution >= 0.6 is 22.6 Å². The summed E-state index contributed by atoms with van der Waals surface area (Å²) in [5.41, 5.74) is -2.57. The first-order valence-electron chi connectivity index (χ1n) is 4.09.